The van der Waals surface area contributed by atoms with Crippen LogP contribution in [0.5, 0.6) is 0 Å². The highest BCUT2D eigenvalue weighted by molar-refractivity contribution is 6.17. The average Bonchev–Trinajstić information content (AvgIpc) is 3.29. The summed E-state index contributed by atoms with van der Waals surface area (Å²) in [4.78, 5) is 15.2. The summed E-state index contributed by atoms with van der Waals surface area (Å²) in [6, 6.07) is 74.5. The number of benzene rings is 8. The minimum Gasteiger partial charge on any atom is -0.248 e. The number of aromatic nitrogens is 3. The molecule has 0 saturated heterocycles. The highest BCUT2D eigenvalue weighted by atomic mass is 14.9. The minimum atomic E-state index is 0.715. The van der Waals surface area contributed by atoms with E-state index in [9.17, 15) is 0 Å². The fourth-order valence-corrected chi connectivity index (χ4v) is 7.69. The molecule has 0 atom stereocenters. The van der Waals surface area contributed by atoms with Crippen molar-refractivity contribution in [2.24, 2.45) is 0 Å². The molecular formula is C53H35N3. The highest BCUT2D eigenvalue weighted by Crippen LogP contribution is 2.40. The van der Waals surface area contributed by atoms with E-state index in [2.05, 4.69) is 170 Å². The van der Waals surface area contributed by atoms with Gasteiger partial charge in [-0.15, -0.1) is 0 Å². The second-order valence-corrected chi connectivity index (χ2v) is 14.0. The van der Waals surface area contributed by atoms with Gasteiger partial charge in [0.25, 0.3) is 0 Å². The summed E-state index contributed by atoms with van der Waals surface area (Å²) in [5.41, 5.74) is 15.0. The second-order valence-electron chi connectivity index (χ2n) is 14.0. The normalized spacial score (nSPS) is 11.2. The Bertz CT molecular complexity index is 2900. The molecular weight excluding hydrogens is 679 g/mol. The van der Waals surface area contributed by atoms with Crippen molar-refractivity contribution in [3.8, 4) is 78.5 Å². The van der Waals surface area contributed by atoms with Crippen LogP contribution < -0.4 is 0 Å². The van der Waals surface area contributed by atoms with Gasteiger partial charge in [-0.25, -0.2) is 15.0 Å². The molecule has 10 aromatic rings. The van der Waals surface area contributed by atoms with Crippen LogP contribution in [0.2, 0.25) is 0 Å². The number of fused-ring (bicyclic) bond motifs is 3. The third kappa shape index (κ3) is 6.31. The average molecular weight is 714 g/mol. The number of hydrogen-bond donors (Lipinski definition) is 0. The van der Waals surface area contributed by atoms with Gasteiger partial charge in [-0.1, -0.05) is 194 Å². The first-order valence-electron chi connectivity index (χ1n) is 18.9. The maximum absolute atomic E-state index is 5.18. The molecule has 8 aromatic carbocycles. The molecule has 0 unspecified atom stereocenters. The molecule has 3 nitrogen and oxygen atoms in total. The third-order valence-electron chi connectivity index (χ3n) is 10.5. The Morgan fingerprint density at radius 2 is 0.696 bits per heavy atom. The Kier molecular flexibility index (Phi) is 8.51. The van der Waals surface area contributed by atoms with Crippen LogP contribution in [0.3, 0.4) is 0 Å². The predicted molar refractivity (Wildman–Crippen MR) is 233 cm³/mol. The molecule has 0 bridgehead atoms. The van der Waals surface area contributed by atoms with Crippen molar-refractivity contribution < 1.29 is 0 Å². The Hall–Kier alpha value is -7.49. The van der Waals surface area contributed by atoms with Gasteiger partial charge >= 0.3 is 0 Å². The van der Waals surface area contributed by atoms with Crippen LogP contribution in [0.15, 0.2) is 212 Å². The second kappa shape index (κ2) is 14.4. The predicted octanol–water partition coefficient (Wildman–Crippen LogP) is 13.8. The summed E-state index contributed by atoms with van der Waals surface area (Å²) >= 11 is 0. The van der Waals surface area contributed by atoms with E-state index >= 15 is 0 Å². The lowest BCUT2D eigenvalue weighted by atomic mass is 9.91. The lowest BCUT2D eigenvalue weighted by Gasteiger charge is -2.15. The number of nitrogens with zero attached hydrogens (tertiary/aromatic N) is 3. The monoisotopic (exact) mass is 713 g/mol. The van der Waals surface area contributed by atoms with Gasteiger partial charge in [-0.3, -0.25) is 0 Å². The maximum atomic E-state index is 5.18. The van der Waals surface area contributed by atoms with Crippen molar-refractivity contribution in [1.82, 2.24) is 15.0 Å². The first-order valence-corrected chi connectivity index (χ1v) is 18.9. The van der Waals surface area contributed by atoms with Crippen LogP contribution in [-0.2, 0) is 0 Å². The molecule has 2 heterocycles. The number of pyridine rings is 1. The van der Waals surface area contributed by atoms with Crippen molar-refractivity contribution in [3.63, 3.8) is 0 Å². The molecule has 0 fully saturated rings. The van der Waals surface area contributed by atoms with Gasteiger partial charge in [0.15, 0.2) is 5.82 Å². The van der Waals surface area contributed by atoms with E-state index in [0.717, 1.165) is 56.0 Å². The van der Waals surface area contributed by atoms with Gasteiger partial charge in [0, 0.05) is 27.6 Å². The summed E-state index contributed by atoms with van der Waals surface area (Å²) in [5.74, 6) is 0.715. The van der Waals surface area contributed by atoms with Crippen molar-refractivity contribution in [1.29, 1.82) is 0 Å². The number of rotatable bonds is 7. The molecule has 0 saturated carbocycles. The molecule has 10 rings (SSSR count). The Morgan fingerprint density at radius 3 is 1.27 bits per heavy atom. The van der Waals surface area contributed by atoms with Crippen LogP contribution in [0.1, 0.15) is 0 Å². The van der Waals surface area contributed by atoms with Crippen molar-refractivity contribution in [2.75, 3.05) is 0 Å². The van der Waals surface area contributed by atoms with Crippen LogP contribution in [0.25, 0.3) is 100 Å². The first-order chi connectivity index (χ1) is 27.7. The van der Waals surface area contributed by atoms with Crippen LogP contribution in [0, 0.1) is 0 Å². The summed E-state index contributed by atoms with van der Waals surface area (Å²) < 4.78 is 0. The van der Waals surface area contributed by atoms with E-state index in [0.29, 0.717) is 5.82 Å². The molecule has 3 heteroatoms. The van der Waals surface area contributed by atoms with Crippen molar-refractivity contribution in [3.05, 3.63) is 212 Å². The van der Waals surface area contributed by atoms with E-state index in [1.54, 1.807) is 0 Å². The van der Waals surface area contributed by atoms with Gasteiger partial charge < -0.3 is 0 Å². The summed E-state index contributed by atoms with van der Waals surface area (Å²) in [6.45, 7) is 0. The molecule has 0 radical (unpaired) electrons. The summed E-state index contributed by atoms with van der Waals surface area (Å²) in [7, 11) is 0. The van der Waals surface area contributed by atoms with Gasteiger partial charge in [0.1, 0.15) is 0 Å². The molecule has 2 aromatic heterocycles. The largest absolute Gasteiger partial charge is 0.248 e. The highest BCUT2D eigenvalue weighted by Gasteiger charge is 2.15. The maximum Gasteiger partial charge on any atom is 0.160 e. The van der Waals surface area contributed by atoms with Gasteiger partial charge in [0.05, 0.1) is 22.6 Å². The van der Waals surface area contributed by atoms with Crippen molar-refractivity contribution in [2.45, 2.75) is 0 Å². The van der Waals surface area contributed by atoms with Crippen LogP contribution in [-0.4, -0.2) is 15.0 Å². The molecule has 0 N–H and O–H groups in total. The molecule has 262 valence electrons. The van der Waals surface area contributed by atoms with E-state index in [4.69, 9.17) is 15.0 Å². The zero-order chi connectivity index (χ0) is 37.3. The minimum absolute atomic E-state index is 0.715. The van der Waals surface area contributed by atoms with Crippen molar-refractivity contribution >= 4 is 21.7 Å². The van der Waals surface area contributed by atoms with E-state index in [1.807, 2.05) is 42.5 Å². The summed E-state index contributed by atoms with van der Waals surface area (Å²) in [6.07, 6.45) is 0. The molecule has 0 aliphatic carbocycles. The van der Waals surface area contributed by atoms with E-state index in [1.165, 1.54) is 38.4 Å². The SMILES string of the molecule is c1ccc(-c2cc(-c3ccc(-c4ccc(-c5cccc6c5ccc5nc(-c7ccccc7)cc(-c7ccccc7)c56)cc4)cc3)nc(-c3ccccc3)n2)cc1. The first kappa shape index (κ1) is 33.1. The standard InChI is InChI=1S/C53H35N3/c1-5-14-38(15-6-1)47-34-49(40-16-7-2-8-17-40)54-48-33-32-45-44(22-13-23-46(45)52(47)48)39-28-24-36(25-29-39)37-26-30-42(31-27-37)51-35-50(41-18-9-3-10-19-41)55-53(56-51)43-20-11-4-12-21-43/h1-35H. The molecule has 0 aliphatic heterocycles. The fourth-order valence-electron chi connectivity index (χ4n) is 7.69. The molecule has 0 amide bonds. The lowest BCUT2D eigenvalue weighted by molar-refractivity contribution is 1.18. The number of hydrogen-bond acceptors (Lipinski definition) is 3. The van der Waals surface area contributed by atoms with Crippen LogP contribution in [0.4, 0.5) is 0 Å². The van der Waals surface area contributed by atoms with Gasteiger partial charge in [0.2, 0.25) is 0 Å². The molecule has 0 spiro atoms. The van der Waals surface area contributed by atoms with Gasteiger partial charge in [-0.05, 0) is 62.4 Å². The lowest BCUT2D eigenvalue weighted by Crippen LogP contribution is -1.95. The van der Waals surface area contributed by atoms with Crippen LogP contribution >= 0.6 is 0 Å². The van der Waals surface area contributed by atoms with E-state index < -0.39 is 0 Å². The zero-order valence-corrected chi connectivity index (χ0v) is 30.5. The summed E-state index contributed by atoms with van der Waals surface area (Å²) in [5, 5.41) is 3.57. The molecule has 0 aliphatic rings. The van der Waals surface area contributed by atoms with Gasteiger partial charge in [-0.2, -0.15) is 0 Å². The Balaban J connectivity index is 0.999. The van der Waals surface area contributed by atoms with E-state index in [-0.39, 0.29) is 0 Å². The Morgan fingerprint density at radius 1 is 0.250 bits per heavy atom. The zero-order valence-electron chi connectivity index (χ0n) is 30.5. The fraction of sp³-hybridized carbons (Fsp3) is 0. The topological polar surface area (TPSA) is 38.7 Å². The molecule has 56 heavy (non-hydrogen) atoms. The smallest absolute Gasteiger partial charge is 0.160 e. The quantitative estimate of drug-likeness (QED) is 0.154. The third-order valence-corrected chi connectivity index (χ3v) is 10.5. The Labute approximate surface area is 326 Å².